The van der Waals surface area contributed by atoms with E-state index in [9.17, 15) is 10.1 Å². The van der Waals surface area contributed by atoms with Crippen LogP contribution in [0.1, 0.15) is 36.3 Å². The standard InChI is InChI=1S/C26H28N4O3/c1-29(2)30-20-10-7-11-21(31)25(20)24(19(15-27)26(30)28)18-12-13-22(23(14-18)32-3)33-16-17-8-5-4-6-9-17/h4-6,8-9,12-14,24H,7,10-11,16,28H2,1-3H3. The molecule has 1 aliphatic heterocycles. The van der Waals surface area contributed by atoms with Crippen molar-refractivity contribution < 1.29 is 14.3 Å². The van der Waals surface area contributed by atoms with Gasteiger partial charge in [0.25, 0.3) is 0 Å². The third-order valence-corrected chi connectivity index (χ3v) is 6.04. The van der Waals surface area contributed by atoms with Gasteiger partial charge in [-0.15, -0.1) is 0 Å². The molecule has 4 rings (SSSR count). The zero-order valence-corrected chi connectivity index (χ0v) is 19.2. The van der Waals surface area contributed by atoms with Gasteiger partial charge in [-0.05, 0) is 36.1 Å². The Hall–Kier alpha value is -3.76. The van der Waals surface area contributed by atoms with Gasteiger partial charge in [0.2, 0.25) is 0 Å². The number of rotatable bonds is 6. The number of carbonyl (C=O) groups excluding carboxylic acids is 1. The second-order valence-electron chi connectivity index (χ2n) is 8.32. The molecule has 1 heterocycles. The highest BCUT2D eigenvalue weighted by Crippen LogP contribution is 2.46. The number of ether oxygens (including phenoxy) is 2. The summed E-state index contributed by atoms with van der Waals surface area (Å²) >= 11 is 0. The largest absolute Gasteiger partial charge is 0.493 e. The Morgan fingerprint density at radius 2 is 1.91 bits per heavy atom. The molecule has 0 radical (unpaired) electrons. The van der Waals surface area contributed by atoms with Gasteiger partial charge in [-0.1, -0.05) is 36.4 Å². The molecule has 0 amide bonds. The molecule has 0 spiro atoms. The summed E-state index contributed by atoms with van der Waals surface area (Å²) in [6, 6.07) is 17.7. The van der Waals surface area contributed by atoms with Crippen LogP contribution in [-0.2, 0) is 11.4 Å². The molecule has 2 aromatic rings. The van der Waals surface area contributed by atoms with E-state index < -0.39 is 5.92 Å². The summed E-state index contributed by atoms with van der Waals surface area (Å²) in [4.78, 5) is 13.1. The lowest BCUT2D eigenvalue weighted by Crippen LogP contribution is -2.45. The number of methoxy groups -OCH3 is 1. The molecule has 1 unspecified atom stereocenters. The number of ketones is 1. The van der Waals surface area contributed by atoms with Crippen LogP contribution in [0, 0.1) is 11.3 Å². The smallest absolute Gasteiger partial charge is 0.161 e. The predicted octanol–water partition coefficient (Wildman–Crippen LogP) is 3.85. The maximum Gasteiger partial charge on any atom is 0.161 e. The summed E-state index contributed by atoms with van der Waals surface area (Å²) in [5, 5.41) is 13.6. The Balaban J connectivity index is 1.75. The summed E-state index contributed by atoms with van der Waals surface area (Å²) in [5.74, 6) is 1.00. The van der Waals surface area contributed by atoms with Crippen LogP contribution < -0.4 is 15.2 Å². The summed E-state index contributed by atoms with van der Waals surface area (Å²) in [5.41, 5.74) is 10.2. The van der Waals surface area contributed by atoms with E-state index >= 15 is 0 Å². The Bertz CT molecular complexity index is 1160. The third kappa shape index (κ3) is 4.18. The highest BCUT2D eigenvalue weighted by atomic mass is 16.5. The molecule has 33 heavy (non-hydrogen) atoms. The van der Waals surface area contributed by atoms with E-state index in [1.54, 1.807) is 12.1 Å². The van der Waals surface area contributed by atoms with E-state index in [0.29, 0.717) is 41.5 Å². The number of benzene rings is 2. The molecule has 1 atom stereocenters. The van der Waals surface area contributed by atoms with Crippen molar-refractivity contribution in [1.29, 1.82) is 5.26 Å². The monoisotopic (exact) mass is 444 g/mol. The quantitative estimate of drug-likeness (QED) is 0.723. The first-order valence-corrected chi connectivity index (χ1v) is 10.9. The van der Waals surface area contributed by atoms with Crippen LogP contribution in [0.3, 0.4) is 0 Å². The highest BCUT2D eigenvalue weighted by molar-refractivity contribution is 5.99. The lowest BCUT2D eigenvalue weighted by molar-refractivity contribution is -0.116. The molecule has 7 heteroatoms. The van der Waals surface area contributed by atoms with E-state index in [1.165, 1.54) is 0 Å². The Morgan fingerprint density at radius 3 is 2.58 bits per heavy atom. The van der Waals surface area contributed by atoms with Crippen LogP contribution >= 0.6 is 0 Å². The van der Waals surface area contributed by atoms with Crippen LogP contribution in [0.2, 0.25) is 0 Å². The van der Waals surface area contributed by atoms with Crippen molar-refractivity contribution in [1.82, 2.24) is 10.0 Å². The molecule has 0 bridgehead atoms. The maximum atomic E-state index is 13.1. The van der Waals surface area contributed by atoms with Crippen LogP contribution in [0.25, 0.3) is 0 Å². The highest BCUT2D eigenvalue weighted by Gasteiger charge is 2.40. The molecule has 170 valence electrons. The van der Waals surface area contributed by atoms with Crippen molar-refractivity contribution in [2.45, 2.75) is 31.8 Å². The van der Waals surface area contributed by atoms with E-state index in [0.717, 1.165) is 29.7 Å². The molecule has 0 aromatic heterocycles. The van der Waals surface area contributed by atoms with Crippen LogP contribution in [0.15, 0.2) is 71.2 Å². The van der Waals surface area contributed by atoms with Gasteiger partial charge in [0.05, 0.1) is 24.7 Å². The normalized spacial score (nSPS) is 18.3. The first kappa shape index (κ1) is 22.4. The third-order valence-electron chi connectivity index (χ3n) is 6.04. The van der Waals surface area contributed by atoms with E-state index in [2.05, 4.69) is 6.07 Å². The van der Waals surface area contributed by atoms with E-state index in [1.807, 2.05) is 67.6 Å². The first-order valence-electron chi connectivity index (χ1n) is 10.9. The van der Waals surface area contributed by atoms with Crippen molar-refractivity contribution in [2.75, 3.05) is 21.2 Å². The van der Waals surface area contributed by atoms with E-state index in [-0.39, 0.29) is 5.78 Å². The van der Waals surface area contributed by atoms with Gasteiger partial charge >= 0.3 is 0 Å². The van der Waals surface area contributed by atoms with Crippen molar-refractivity contribution >= 4 is 5.78 Å². The molecule has 0 saturated heterocycles. The van der Waals surface area contributed by atoms with Crippen LogP contribution in [0.4, 0.5) is 0 Å². The fourth-order valence-electron chi connectivity index (χ4n) is 4.58. The lowest BCUT2D eigenvalue weighted by atomic mass is 9.76. The Kier molecular flexibility index (Phi) is 6.38. The number of hydrazine groups is 1. The number of hydrogen-bond donors (Lipinski definition) is 1. The maximum absolute atomic E-state index is 13.1. The lowest BCUT2D eigenvalue weighted by Gasteiger charge is -2.42. The van der Waals surface area contributed by atoms with Gasteiger partial charge in [0, 0.05) is 31.8 Å². The molecule has 0 saturated carbocycles. The topological polar surface area (TPSA) is 91.8 Å². The Labute approximate surface area is 194 Å². The summed E-state index contributed by atoms with van der Waals surface area (Å²) < 4.78 is 11.6. The van der Waals surface area contributed by atoms with Crippen molar-refractivity contribution in [3.63, 3.8) is 0 Å². The number of nitrogens with zero attached hydrogens (tertiary/aromatic N) is 3. The molecule has 2 aromatic carbocycles. The summed E-state index contributed by atoms with van der Waals surface area (Å²) in [6.45, 7) is 0.405. The van der Waals surface area contributed by atoms with Crippen LogP contribution in [-0.4, -0.2) is 37.0 Å². The molecule has 1 aliphatic carbocycles. The fraction of sp³-hybridized carbons (Fsp3) is 0.308. The minimum Gasteiger partial charge on any atom is -0.493 e. The number of Topliss-reactive ketones (excluding diaryl/α,β-unsaturated/α-hetero) is 1. The second kappa shape index (κ2) is 9.39. The number of nitrogens with two attached hydrogens (primary N) is 1. The molecule has 7 nitrogen and oxygen atoms in total. The van der Waals surface area contributed by atoms with Gasteiger partial charge in [-0.3, -0.25) is 9.80 Å². The number of hydrogen-bond acceptors (Lipinski definition) is 7. The van der Waals surface area contributed by atoms with Gasteiger partial charge in [0.15, 0.2) is 17.3 Å². The van der Waals surface area contributed by atoms with E-state index in [4.69, 9.17) is 15.2 Å². The first-order chi connectivity index (χ1) is 16.0. The van der Waals surface area contributed by atoms with Gasteiger partial charge < -0.3 is 15.2 Å². The Morgan fingerprint density at radius 1 is 1.15 bits per heavy atom. The molecule has 2 aliphatic rings. The van der Waals surface area contributed by atoms with Gasteiger partial charge in [-0.2, -0.15) is 5.26 Å². The number of nitriles is 1. The SMILES string of the molecule is COc1cc(C2C(C#N)=C(N)N(N(C)C)C3=C2C(=O)CCC3)ccc1OCc1ccccc1. The minimum absolute atomic E-state index is 0.0525. The van der Waals surface area contributed by atoms with Crippen LogP contribution in [0.5, 0.6) is 11.5 Å². The number of allylic oxidation sites excluding steroid dienone is 3. The summed E-state index contributed by atoms with van der Waals surface area (Å²) in [7, 11) is 5.29. The molecular weight excluding hydrogens is 416 g/mol. The molecule has 2 N–H and O–H groups in total. The predicted molar refractivity (Wildman–Crippen MR) is 125 cm³/mol. The zero-order valence-electron chi connectivity index (χ0n) is 19.2. The van der Waals surface area contributed by atoms with Crippen molar-refractivity contribution in [3.05, 3.63) is 82.3 Å². The summed E-state index contributed by atoms with van der Waals surface area (Å²) in [6.07, 6.45) is 1.95. The minimum atomic E-state index is -0.536. The van der Waals surface area contributed by atoms with Crippen molar-refractivity contribution in [3.8, 4) is 17.6 Å². The van der Waals surface area contributed by atoms with Gasteiger partial charge in [0.1, 0.15) is 12.4 Å². The zero-order chi connectivity index (χ0) is 23.5. The average molecular weight is 445 g/mol. The van der Waals surface area contributed by atoms with Crippen molar-refractivity contribution in [2.24, 2.45) is 5.73 Å². The average Bonchev–Trinajstić information content (AvgIpc) is 2.82. The molecule has 0 fully saturated rings. The van der Waals surface area contributed by atoms with Gasteiger partial charge in [-0.25, -0.2) is 5.01 Å². The second-order valence-corrected chi connectivity index (χ2v) is 8.32. The fourth-order valence-corrected chi connectivity index (χ4v) is 4.58. The molecular formula is C26H28N4O3. The number of carbonyl (C=O) groups is 1.